The molecule has 1 unspecified atom stereocenters. The van der Waals surface area contributed by atoms with Crippen molar-refractivity contribution in [2.24, 2.45) is 5.73 Å². The highest BCUT2D eigenvalue weighted by molar-refractivity contribution is 5.71. The Labute approximate surface area is 53.7 Å². The topological polar surface area (TPSA) is 64.3 Å². The smallest absolute Gasteiger partial charge is 0.314 e. The Hall–Kier alpha value is -1.19. The number of nitrogens with one attached hydrogen (secondary N) is 1. The molecule has 0 saturated heterocycles. The fraction of sp³-hybridized carbons (Fsp3) is 0.400. The minimum atomic E-state index is -0.607. The van der Waals surface area contributed by atoms with Crippen LogP contribution in [0.5, 0.6) is 0 Å². The molecule has 9 heavy (non-hydrogen) atoms. The Balaban J connectivity index is 3.37. The molecular weight excluding hydrogens is 120 g/mol. The molecule has 2 amide bonds. The Morgan fingerprint density at radius 3 is 2.89 bits per heavy atom. The molecule has 0 rings (SSSR count). The highest BCUT2D eigenvalue weighted by atomic mass is 16.5. The van der Waals surface area contributed by atoms with E-state index >= 15 is 0 Å². The van der Waals surface area contributed by atoms with Gasteiger partial charge in [-0.2, -0.15) is 0 Å². The van der Waals surface area contributed by atoms with Crippen LogP contribution in [0.25, 0.3) is 0 Å². The maximum atomic E-state index is 10.1. The first kappa shape index (κ1) is 7.81. The van der Waals surface area contributed by atoms with Crippen molar-refractivity contribution in [1.82, 2.24) is 5.32 Å². The Bertz CT molecular complexity index is 114. The van der Waals surface area contributed by atoms with E-state index in [1.807, 2.05) is 0 Å². The first-order valence-corrected chi connectivity index (χ1v) is 2.49. The van der Waals surface area contributed by atoms with Crippen LogP contribution in [0.3, 0.4) is 0 Å². The second-order valence-electron chi connectivity index (χ2n) is 1.45. The molecule has 0 spiro atoms. The number of hydrogen-bond acceptors (Lipinski definition) is 2. The summed E-state index contributed by atoms with van der Waals surface area (Å²) in [6.07, 6.45) is 0.834. The molecule has 3 N–H and O–H groups in total. The molecule has 0 aromatic carbocycles. The van der Waals surface area contributed by atoms with E-state index in [0.717, 1.165) is 0 Å². The van der Waals surface area contributed by atoms with Gasteiger partial charge in [-0.25, -0.2) is 4.79 Å². The highest BCUT2D eigenvalue weighted by Gasteiger charge is 1.98. The lowest BCUT2D eigenvalue weighted by Gasteiger charge is -2.09. The summed E-state index contributed by atoms with van der Waals surface area (Å²) in [5.74, 6) is 0. The number of primary amides is 1. The van der Waals surface area contributed by atoms with Crippen molar-refractivity contribution in [3.8, 4) is 0 Å². The van der Waals surface area contributed by atoms with Gasteiger partial charge in [0, 0.05) is 0 Å². The molecule has 0 heterocycles. The Morgan fingerprint density at radius 1 is 2.00 bits per heavy atom. The number of nitrogens with two attached hydrogens (primary N) is 1. The van der Waals surface area contributed by atoms with Gasteiger partial charge in [-0.3, -0.25) is 0 Å². The maximum absolute atomic E-state index is 10.1. The van der Waals surface area contributed by atoms with Crippen LogP contribution in [0, 0.1) is 0 Å². The lowest BCUT2D eigenvalue weighted by molar-refractivity contribution is 0.136. The predicted octanol–water partition coefficient (Wildman–Crippen LogP) is 0.161. The van der Waals surface area contributed by atoms with Crippen LogP contribution < -0.4 is 11.1 Å². The van der Waals surface area contributed by atoms with Crippen molar-refractivity contribution in [2.75, 3.05) is 0 Å². The van der Waals surface area contributed by atoms with Crippen molar-refractivity contribution in [2.45, 2.75) is 13.2 Å². The molecule has 0 radical (unpaired) electrons. The van der Waals surface area contributed by atoms with E-state index in [0.29, 0.717) is 0 Å². The Morgan fingerprint density at radius 2 is 2.56 bits per heavy atom. The molecule has 0 fully saturated rings. The standard InChI is InChI=1S/C5H10N2O2/c1-3-9-4(2)7-5(6)8/h3-4H,1H2,2H3,(H3,6,7,8). The first-order valence-electron chi connectivity index (χ1n) is 2.49. The normalized spacial score (nSPS) is 11.7. The minimum Gasteiger partial charge on any atom is -0.479 e. The quantitative estimate of drug-likeness (QED) is 0.422. The van der Waals surface area contributed by atoms with Gasteiger partial charge in [0.25, 0.3) is 0 Å². The molecule has 0 aromatic rings. The zero-order chi connectivity index (χ0) is 7.28. The summed E-state index contributed by atoms with van der Waals surface area (Å²) < 4.78 is 4.70. The summed E-state index contributed by atoms with van der Waals surface area (Å²) in [7, 11) is 0. The number of urea groups is 1. The van der Waals surface area contributed by atoms with Gasteiger partial charge >= 0.3 is 6.03 Å². The van der Waals surface area contributed by atoms with Crippen LogP contribution in [-0.4, -0.2) is 12.3 Å². The zero-order valence-electron chi connectivity index (χ0n) is 5.26. The lowest BCUT2D eigenvalue weighted by Crippen LogP contribution is -2.37. The second kappa shape index (κ2) is 3.77. The van der Waals surface area contributed by atoms with E-state index in [9.17, 15) is 4.79 Å². The van der Waals surface area contributed by atoms with E-state index in [4.69, 9.17) is 10.5 Å². The van der Waals surface area contributed by atoms with E-state index in [1.165, 1.54) is 6.26 Å². The van der Waals surface area contributed by atoms with Gasteiger partial charge < -0.3 is 15.8 Å². The monoisotopic (exact) mass is 130 g/mol. The van der Waals surface area contributed by atoms with Crippen LogP contribution >= 0.6 is 0 Å². The molecule has 0 aromatic heterocycles. The minimum absolute atomic E-state index is 0.403. The number of carbonyl (C=O) groups excluding carboxylic acids is 1. The van der Waals surface area contributed by atoms with Gasteiger partial charge in [0.05, 0.1) is 6.26 Å². The van der Waals surface area contributed by atoms with Crippen LogP contribution in [-0.2, 0) is 4.74 Å². The number of ether oxygens (including phenoxy) is 1. The SMILES string of the molecule is C=COC(C)NC(N)=O. The van der Waals surface area contributed by atoms with E-state index in [2.05, 4.69) is 11.9 Å². The highest BCUT2D eigenvalue weighted by Crippen LogP contribution is 1.82. The molecule has 0 aliphatic heterocycles. The molecule has 4 heteroatoms. The third kappa shape index (κ3) is 4.67. The molecule has 0 bridgehead atoms. The van der Waals surface area contributed by atoms with Crippen molar-refractivity contribution in [1.29, 1.82) is 0 Å². The Kier molecular flexibility index (Phi) is 3.27. The van der Waals surface area contributed by atoms with Gasteiger partial charge in [0.15, 0.2) is 6.23 Å². The number of rotatable bonds is 3. The summed E-state index contributed by atoms with van der Waals surface area (Å²) in [6, 6.07) is -0.607. The zero-order valence-corrected chi connectivity index (χ0v) is 5.26. The van der Waals surface area contributed by atoms with Gasteiger partial charge in [0.2, 0.25) is 0 Å². The number of amides is 2. The first-order chi connectivity index (χ1) is 4.16. The fourth-order valence-electron chi connectivity index (χ4n) is 0.379. The van der Waals surface area contributed by atoms with Crippen molar-refractivity contribution < 1.29 is 9.53 Å². The summed E-state index contributed by atoms with van der Waals surface area (Å²) in [6.45, 7) is 4.94. The van der Waals surface area contributed by atoms with Crippen molar-refractivity contribution >= 4 is 6.03 Å². The summed E-state index contributed by atoms with van der Waals surface area (Å²) >= 11 is 0. The lowest BCUT2D eigenvalue weighted by atomic mass is 10.6. The van der Waals surface area contributed by atoms with E-state index < -0.39 is 12.3 Å². The number of hydrogen-bond donors (Lipinski definition) is 2. The summed E-state index contributed by atoms with van der Waals surface area (Å²) in [5, 5.41) is 2.29. The maximum Gasteiger partial charge on any atom is 0.314 e. The van der Waals surface area contributed by atoms with Crippen LogP contribution in [0.1, 0.15) is 6.92 Å². The third-order valence-corrected chi connectivity index (χ3v) is 0.646. The molecule has 52 valence electrons. The van der Waals surface area contributed by atoms with Crippen molar-refractivity contribution in [3.05, 3.63) is 12.8 Å². The average molecular weight is 130 g/mol. The average Bonchev–Trinajstić information content (AvgIpc) is 1.63. The largest absolute Gasteiger partial charge is 0.479 e. The van der Waals surface area contributed by atoms with Gasteiger partial charge in [0.1, 0.15) is 0 Å². The van der Waals surface area contributed by atoms with E-state index in [-0.39, 0.29) is 0 Å². The van der Waals surface area contributed by atoms with Crippen LogP contribution in [0.4, 0.5) is 4.79 Å². The molecular formula is C5H10N2O2. The molecule has 1 atom stereocenters. The van der Waals surface area contributed by atoms with E-state index in [1.54, 1.807) is 6.92 Å². The predicted molar refractivity (Wildman–Crippen MR) is 33.5 cm³/mol. The van der Waals surface area contributed by atoms with Crippen LogP contribution in [0.2, 0.25) is 0 Å². The van der Waals surface area contributed by atoms with Gasteiger partial charge in [-0.1, -0.05) is 6.58 Å². The van der Waals surface area contributed by atoms with Gasteiger partial charge in [-0.15, -0.1) is 0 Å². The van der Waals surface area contributed by atoms with Gasteiger partial charge in [-0.05, 0) is 6.92 Å². The molecule has 4 nitrogen and oxygen atoms in total. The van der Waals surface area contributed by atoms with Crippen molar-refractivity contribution in [3.63, 3.8) is 0 Å². The molecule has 0 saturated carbocycles. The molecule has 0 aliphatic rings. The summed E-state index contributed by atoms with van der Waals surface area (Å²) in [5.41, 5.74) is 4.76. The fourth-order valence-corrected chi connectivity index (χ4v) is 0.379. The molecule has 0 aliphatic carbocycles. The third-order valence-electron chi connectivity index (χ3n) is 0.646. The summed E-state index contributed by atoms with van der Waals surface area (Å²) in [4.78, 5) is 10.1. The number of carbonyl (C=O) groups is 1. The second-order valence-corrected chi connectivity index (χ2v) is 1.45. The van der Waals surface area contributed by atoms with Crippen LogP contribution in [0.15, 0.2) is 12.8 Å².